The van der Waals surface area contributed by atoms with Gasteiger partial charge in [-0.1, -0.05) is 23.7 Å². The molecule has 6 heteroatoms. The number of carbonyl (C=O) groups excluding carboxylic acids is 1. The minimum atomic E-state index is -0.0567. The second kappa shape index (κ2) is 8.96. The van der Waals surface area contributed by atoms with Crippen LogP contribution in [0.15, 0.2) is 29.3 Å². The lowest BCUT2D eigenvalue weighted by molar-refractivity contribution is -0.149. The molecule has 5 nitrogen and oxygen atoms in total. The highest BCUT2D eigenvalue weighted by molar-refractivity contribution is 6.30. The number of benzene rings is 1. The number of rotatable bonds is 6. The van der Waals surface area contributed by atoms with Crippen molar-refractivity contribution in [3.63, 3.8) is 0 Å². The van der Waals surface area contributed by atoms with Crippen molar-refractivity contribution < 1.29 is 9.53 Å². The molecular formula is C21H30ClN3O2. The minimum Gasteiger partial charge on any atom is -0.466 e. The van der Waals surface area contributed by atoms with Crippen LogP contribution in [0.1, 0.15) is 45.1 Å². The molecule has 2 fully saturated rings. The summed E-state index contributed by atoms with van der Waals surface area (Å²) in [5.41, 5.74) is 1.49. The van der Waals surface area contributed by atoms with Crippen LogP contribution < -0.4 is 5.32 Å². The van der Waals surface area contributed by atoms with Crippen LogP contribution in [0.25, 0.3) is 0 Å². The molecule has 0 radical (unpaired) electrons. The number of esters is 1. The maximum atomic E-state index is 12.0. The Kier molecular flexibility index (Phi) is 6.64. The van der Waals surface area contributed by atoms with Crippen molar-refractivity contribution in [3.05, 3.63) is 34.9 Å². The highest BCUT2D eigenvalue weighted by atomic mass is 35.5. The third kappa shape index (κ3) is 4.95. The number of hydrogen-bond acceptors (Lipinski definition) is 3. The molecule has 1 saturated carbocycles. The summed E-state index contributed by atoms with van der Waals surface area (Å²) < 4.78 is 5.17. The molecule has 1 aliphatic heterocycles. The smallest absolute Gasteiger partial charge is 0.309 e. The molecule has 0 spiro atoms. The second-order valence-corrected chi connectivity index (χ2v) is 7.91. The van der Waals surface area contributed by atoms with Crippen molar-refractivity contribution in [1.82, 2.24) is 10.2 Å². The number of aliphatic imine (C=N–C) groups is 1. The fourth-order valence-electron chi connectivity index (χ4n) is 3.73. The normalized spacial score (nSPS) is 19.7. The molecule has 0 bridgehead atoms. The van der Waals surface area contributed by atoms with Crippen LogP contribution in [0.4, 0.5) is 0 Å². The van der Waals surface area contributed by atoms with Crippen molar-refractivity contribution in [2.45, 2.75) is 44.9 Å². The zero-order valence-electron chi connectivity index (χ0n) is 16.3. The fourth-order valence-corrected chi connectivity index (χ4v) is 3.86. The van der Waals surface area contributed by atoms with Crippen LogP contribution in [0.5, 0.6) is 0 Å². The Bertz CT molecular complexity index is 663. The van der Waals surface area contributed by atoms with Crippen molar-refractivity contribution in [1.29, 1.82) is 0 Å². The average molecular weight is 392 g/mol. The van der Waals surface area contributed by atoms with Gasteiger partial charge in [0.05, 0.1) is 19.1 Å². The summed E-state index contributed by atoms with van der Waals surface area (Å²) in [5.74, 6) is 0.923. The van der Waals surface area contributed by atoms with Gasteiger partial charge >= 0.3 is 5.97 Å². The molecule has 0 atom stereocenters. The predicted molar refractivity (Wildman–Crippen MR) is 109 cm³/mol. The van der Waals surface area contributed by atoms with E-state index in [2.05, 4.69) is 29.3 Å². The van der Waals surface area contributed by atoms with E-state index in [1.807, 2.05) is 19.1 Å². The largest absolute Gasteiger partial charge is 0.466 e. The number of guanidine groups is 1. The number of piperidine rings is 1. The van der Waals surface area contributed by atoms with Gasteiger partial charge in [-0.05, 0) is 57.2 Å². The Labute approximate surface area is 167 Å². The van der Waals surface area contributed by atoms with Crippen LogP contribution in [0.2, 0.25) is 5.02 Å². The van der Waals surface area contributed by atoms with Crippen molar-refractivity contribution in [2.75, 3.05) is 32.8 Å². The molecule has 1 N–H and O–H groups in total. The van der Waals surface area contributed by atoms with E-state index in [4.69, 9.17) is 21.3 Å². The number of hydrogen-bond donors (Lipinski definition) is 1. The van der Waals surface area contributed by atoms with E-state index in [1.165, 1.54) is 18.4 Å². The predicted octanol–water partition coefficient (Wildman–Crippen LogP) is 3.61. The van der Waals surface area contributed by atoms with Gasteiger partial charge in [-0.15, -0.1) is 0 Å². The first-order valence-electron chi connectivity index (χ1n) is 10.0. The van der Waals surface area contributed by atoms with Gasteiger partial charge < -0.3 is 15.0 Å². The van der Waals surface area contributed by atoms with Crippen molar-refractivity contribution in [2.24, 2.45) is 10.9 Å². The highest BCUT2D eigenvalue weighted by Gasteiger charge is 2.44. The standard InChI is InChI=1S/C21H30ClN3O2/c1-3-23-20(25-13-9-16(10-14-25)19(26)27-4-2)24-15-21(11-12-21)17-5-7-18(22)8-6-17/h5-8,16H,3-4,9-15H2,1-2H3,(H,23,24). The summed E-state index contributed by atoms with van der Waals surface area (Å²) in [6.45, 7) is 7.70. The summed E-state index contributed by atoms with van der Waals surface area (Å²) in [5, 5.41) is 4.20. The monoisotopic (exact) mass is 391 g/mol. The van der Waals surface area contributed by atoms with E-state index in [1.54, 1.807) is 0 Å². The van der Waals surface area contributed by atoms with Crippen LogP contribution >= 0.6 is 11.6 Å². The molecule has 1 aliphatic carbocycles. The third-order valence-corrected chi connectivity index (χ3v) is 5.84. The minimum absolute atomic E-state index is 0.0212. The van der Waals surface area contributed by atoms with Gasteiger partial charge in [0.25, 0.3) is 0 Å². The van der Waals surface area contributed by atoms with Crippen LogP contribution in [-0.2, 0) is 14.9 Å². The first-order chi connectivity index (χ1) is 13.1. The summed E-state index contributed by atoms with van der Waals surface area (Å²) >= 11 is 6.03. The molecule has 0 aromatic heterocycles. The lowest BCUT2D eigenvalue weighted by Crippen LogP contribution is -2.47. The Hall–Kier alpha value is -1.75. The van der Waals surface area contributed by atoms with Gasteiger partial charge in [0, 0.05) is 30.1 Å². The summed E-state index contributed by atoms with van der Waals surface area (Å²) in [4.78, 5) is 19.2. The first kappa shape index (κ1) is 20.0. The highest BCUT2D eigenvalue weighted by Crippen LogP contribution is 2.48. The number of halogens is 1. The Morgan fingerprint density at radius 2 is 1.93 bits per heavy atom. The Morgan fingerprint density at radius 1 is 1.26 bits per heavy atom. The van der Waals surface area contributed by atoms with E-state index in [0.717, 1.165) is 50.0 Å². The van der Waals surface area contributed by atoms with Gasteiger partial charge in [0.15, 0.2) is 5.96 Å². The van der Waals surface area contributed by atoms with Crippen LogP contribution in [0.3, 0.4) is 0 Å². The molecule has 1 heterocycles. The molecule has 1 saturated heterocycles. The molecular weight excluding hydrogens is 362 g/mol. The zero-order valence-corrected chi connectivity index (χ0v) is 17.1. The maximum absolute atomic E-state index is 12.0. The van der Waals surface area contributed by atoms with Gasteiger partial charge in [-0.25, -0.2) is 0 Å². The molecule has 1 aromatic carbocycles. The van der Waals surface area contributed by atoms with E-state index >= 15 is 0 Å². The third-order valence-electron chi connectivity index (χ3n) is 5.59. The molecule has 3 rings (SSSR count). The molecule has 0 unspecified atom stereocenters. The number of likely N-dealkylation sites (tertiary alicyclic amines) is 1. The van der Waals surface area contributed by atoms with Crippen LogP contribution in [0, 0.1) is 5.92 Å². The summed E-state index contributed by atoms with van der Waals surface area (Å²) in [6.07, 6.45) is 3.99. The van der Waals surface area contributed by atoms with Gasteiger partial charge in [0.1, 0.15) is 0 Å². The first-order valence-corrected chi connectivity index (χ1v) is 10.4. The van der Waals surface area contributed by atoms with E-state index in [-0.39, 0.29) is 17.3 Å². The number of nitrogens with zero attached hydrogens (tertiary/aromatic N) is 2. The lowest BCUT2D eigenvalue weighted by Gasteiger charge is -2.33. The molecule has 27 heavy (non-hydrogen) atoms. The fraction of sp³-hybridized carbons (Fsp3) is 0.619. The van der Waals surface area contributed by atoms with Crippen LogP contribution in [-0.4, -0.2) is 49.6 Å². The quantitative estimate of drug-likeness (QED) is 0.457. The summed E-state index contributed by atoms with van der Waals surface area (Å²) in [6, 6.07) is 8.18. The number of ether oxygens (including phenoxy) is 1. The number of nitrogens with one attached hydrogen (secondary N) is 1. The molecule has 1 aromatic rings. The second-order valence-electron chi connectivity index (χ2n) is 7.47. The zero-order chi connectivity index (χ0) is 19.3. The van der Waals surface area contributed by atoms with Gasteiger partial charge in [0.2, 0.25) is 0 Å². The topological polar surface area (TPSA) is 53.9 Å². The molecule has 0 amide bonds. The van der Waals surface area contributed by atoms with E-state index in [0.29, 0.717) is 6.61 Å². The van der Waals surface area contributed by atoms with E-state index in [9.17, 15) is 4.79 Å². The summed E-state index contributed by atoms with van der Waals surface area (Å²) in [7, 11) is 0. The Morgan fingerprint density at radius 3 is 2.48 bits per heavy atom. The SMILES string of the molecule is CCNC(=NCC1(c2ccc(Cl)cc2)CC1)N1CCC(C(=O)OCC)CC1. The van der Waals surface area contributed by atoms with Crippen molar-refractivity contribution >= 4 is 23.5 Å². The van der Waals surface area contributed by atoms with Gasteiger partial charge in [-0.3, -0.25) is 9.79 Å². The van der Waals surface area contributed by atoms with Gasteiger partial charge in [-0.2, -0.15) is 0 Å². The average Bonchev–Trinajstić information content (AvgIpc) is 3.47. The number of carbonyl (C=O) groups is 1. The Balaban J connectivity index is 1.62. The lowest BCUT2D eigenvalue weighted by atomic mass is 9.96. The maximum Gasteiger partial charge on any atom is 0.309 e. The molecule has 2 aliphatic rings. The van der Waals surface area contributed by atoms with E-state index < -0.39 is 0 Å². The molecule has 148 valence electrons. The van der Waals surface area contributed by atoms with Crippen molar-refractivity contribution in [3.8, 4) is 0 Å².